The number of hydrogen-bond acceptors (Lipinski definition) is 5. The molecule has 0 atom stereocenters. The zero-order valence-electron chi connectivity index (χ0n) is 9.19. The van der Waals surface area contributed by atoms with Gasteiger partial charge in [0.1, 0.15) is 21.5 Å². The molecule has 0 spiro atoms. The molecule has 6 nitrogen and oxygen atoms in total. The van der Waals surface area contributed by atoms with Crippen molar-refractivity contribution in [3.63, 3.8) is 0 Å². The zero-order valence-corrected chi connectivity index (χ0v) is 10.0. The second-order valence-electron chi connectivity index (χ2n) is 3.53. The predicted octanol–water partition coefficient (Wildman–Crippen LogP) is -0.742. The van der Waals surface area contributed by atoms with Crippen LogP contribution in [0, 0.1) is 6.92 Å². The van der Waals surface area contributed by atoms with Crippen molar-refractivity contribution >= 4 is 9.84 Å². The second-order valence-corrected chi connectivity index (χ2v) is 5.79. The molecule has 0 amide bonds. The molecule has 15 heavy (non-hydrogen) atoms. The van der Waals surface area contributed by atoms with E-state index in [0.29, 0.717) is 13.1 Å². The Kier molecular flexibility index (Phi) is 3.81. The minimum atomic E-state index is -2.89. The van der Waals surface area contributed by atoms with Crippen LogP contribution >= 0.6 is 0 Å². The number of aryl methyl sites for hydroxylation is 1. The molecule has 0 aliphatic heterocycles. The largest absolute Gasteiger partial charge is 0.317 e. The van der Waals surface area contributed by atoms with Crippen molar-refractivity contribution in [1.29, 1.82) is 0 Å². The van der Waals surface area contributed by atoms with E-state index in [1.54, 1.807) is 0 Å². The van der Waals surface area contributed by atoms with Crippen molar-refractivity contribution in [2.45, 2.75) is 13.5 Å². The summed E-state index contributed by atoms with van der Waals surface area (Å²) in [5, 5.41) is 10.9. The van der Waals surface area contributed by atoms with E-state index in [1.807, 2.05) is 18.5 Å². The van der Waals surface area contributed by atoms with Crippen LogP contribution in [-0.4, -0.2) is 41.7 Å². The molecule has 1 rings (SSSR count). The van der Waals surface area contributed by atoms with Gasteiger partial charge in [0, 0.05) is 19.8 Å². The number of sulfone groups is 1. The van der Waals surface area contributed by atoms with Crippen LogP contribution in [0.3, 0.4) is 0 Å². The minimum absolute atomic E-state index is 0.143. The molecule has 1 heterocycles. The molecule has 0 saturated heterocycles. The van der Waals surface area contributed by atoms with Gasteiger partial charge in [-0.3, -0.25) is 0 Å². The molecule has 0 bridgehead atoms. The fourth-order valence-electron chi connectivity index (χ4n) is 1.06. The Morgan fingerprint density at radius 2 is 2.07 bits per heavy atom. The summed E-state index contributed by atoms with van der Waals surface area (Å²) < 4.78 is 23.5. The fourth-order valence-corrected chi connectivity index (χ4v) is 1.58. The lowest BCUT2D eigenvalue weighted by Crippen LogP contribution is -2.23. The van der Waals surface area contributed by atoms with Gasteiger partial charge in [-0.25, -0.2) is 8.42 Å². The van der Waals surface area contributed by atoms with Crippen LogP contribution < -0.4 is 5.32 Å². The first-order valence-electron chi connectivity index (χ1n) is 4.63. The predicted molar refractivity (Wildman–Crippen MR) is 57.2 cm³/mol. The summed E-state index contributed by atoms with van der Waals surface area (Å²) in [6.07, 6.45) is 1.22. The number of hydrogen-bond donors (Lipinski definition) is 1. The maximum Gasteiger partial charge on any atom is 0.148 e. The maximum atomic E-state index is 10.8. The third-order valence-electron chi connectivity index (χ3n) is 2.12. The normalized spacial score (nSPS) is 11.9. The van der Waals surface area contributed by atoms with E-state index in [2.05, 4.69) is 15.5 Å². The Bertz CT molecular complexity index is 424. The Balaban J connectivity index is 2.36. The Hall–Kier alpha value is -0.950. The molecule has 0 aliphatic carbocycles. The molecule has 0 aliphatic rings. The molecule has 0 saturated carbocycles. The number of aromatic nitrogens is 3. The van der Waals surface area contributed by atoms with E-state index in [4.69, 9.17) is 0 Å². The lowest BCUT2D eigenvalue weighted by Gasteiger charge is -2.03. The average molecular weight is 232 g/mol. The topological polar surface area (TPSA) is 76.9 Å². The van der Waals surface area contributed by atoms with E-state index >= 15 is 0 Å². The van der Waals surface area contributed by atoms with Gasteiger partial charge in [-0.15, -0.1) is 10.2 Å². The molecule has 1 aromatic heterocycles. The standard InChI is InChI=1S/C8H16N4O2S/c1-7-10-11-8(12(7)2)6-9-4-5-15(3,13)14/h9H,4-6H2,1-3H3. The summed E-state index contributed by atoms with van der Waals surface area (Å²) in [6.45, 7) is 2.84. The molecule has 86 valence electrons. The van der Waals surface area contributed by atoms with Gasteiger partial charge in [-0.1, -0.05) is 0 Å². The maximum absolute atomic E-state index is 10.8. The minimum Gasteiger partial charge on any atom is -0.317 e. The molecule has 0 aromatic carbocycles. The highest BCUT2D eigenvalue weighted by atomic mass is 32.2. The SMILES string of the molecule is Cc1nnc(CNCCS(C)(=O)=O)n1C. The summed E-state index contributed by atoms with van der Waals surface area (Å²) in [5.41, 5.74) is 0. The molecule has 1 aromatic rings. The van der Waals surface area contributed by atoms with Crippen LogP contribution in [0.15, 0.2) is 0 Å². The highest BCUT2D eigenvalue weighted by molar-refractivity contribution is 7.90. The van der Waals surface area contributed by atoms with Gasteiger partial charge in [0.25, 0.3) is 0 Å². The summed E-state index contributed by atoms with van der Waals surface area (Å²) in [6, 6.07) is 0. The van der Waals surface area contributed by atoms with Gasteiger partial charge in [-0.2, -0.15) is 0 Å². The van der Waals surface area contributed by atoms with Gasteiger partial charge in [-0.05, 0) is 6.92 Å². The van der Waals surface area contributed by atoms with Crippen molar-refractivity contribution in [2.75, 3.05) is 18.6 Å². The summed E-state index contributed by atoms with van der Waals surface area (Å²) in [5.74, 6) is 1.79. The molecule has 0 fully saturated rings. The number of rotatable bonds is 5. The molecular weight excluding hydrogens is 216 g/mol. The average Bonchev–Trinajstić information content (AvgIpc) is 2.42. The molecule has 0 unspecified atom stereocenters. The number of nitrogens with one attached hydrogen (secondary N) is 1. The smallest absolute Gasteiger partial charge is 0.148 e. The highest BCUT2D eigenvalue weighted by Crippen LogP contribution is 1.96. The van der Waals surface area contributed by atoms with Crippen LogP contribution in [0.5, 0.6) is 0 Å². The van der Waals surface area contributed by atoms with Gasteiger partial charge in [0.2, 0.25) is 0 Å². The van der Waals surface area contributed by atoms with Crippen LogP contribution in [0.4, 0.5) is 0 Å². The molecule has 7 heteroatoms. The van der Waals surface area contributed by atoms with Crippen molar-refractivity contribution in [3.8, 4) is 0 Å². The van der Waals surface area contributed by atoms with Crippen molar-refractivity contribution < 1.29 is 8.42 Å². The van der Waals surface area contributed by atoms with E-state index in [1.165, 1.54) is 6.26 Å². The van der Waals surface area contributed by atoms with Gasteiger partial charge < -0.3 is 9.88 Å². The third kappa shape index (κ3) is 3.96. The monoisotopic (exact) mass is 232 g/mol. The molecule has 0 radical (unpaired) electrons. The van der Waals surface area contributed by atoms with Gasteiger partial charge in [0.15, 0.2) is 0 Å². The first-order valence-corrected chi connectivity index (χ1v) is 6.69. The van der Waals surface area contributed by atoms with E-state index < -0.39 is 9.84 Å². The van der Waals surface area contributed by atoms with E-state index in [-0.39, 0.29) is 5.75 Å². The van der Waals surface area contributed by atoms with Crippen molar-refractivity contribution in [1.82, 2.24) is 20.1 Å². The van der Waals surface area contributed by atoms with Crippen LogP contribution in [0.25, 0.3) is 0 Å². The van der Waals surface area contributed by atoms with Gasteiger partial charge >= 0.3 is 0 Å². The first-order chi connectivity index (χ1) is 6.90. The quantitative estimate of drug-likeness (QED) is 0.676. The Morgan fingerprint density at radius 1 is 1.40 bits per heavy atom. The molecular formula is C8H16N4O2S. The summed E-state index contributed by atoms with van der Waals surface area (Å²) in [4.78, 5) is 0. The van der Waals surface area contributed by atoms with Crippen LogP contribution in [0.2, 0.25) is 0 Å². The summed E-state index contributed by atoms with van der Waals surface area (Å²) in [7, 11) is -1.01. The zero-order chi connectivity index (χ0) is 11.5. The van der Waals surface area contributed by atoms with Gasteiger partial charge in [0.05, 0.1) is 12.3 Å². The van der Waals surface area contributed by atoms with E-state index in [9.17, 15) is 8.42 Å². The van der Waals surface area contributed by atoms with Crippen LogP contribution in [-0.2, 0) is 23.4 Å². The Morgan fingerprint density at radius 3 is 2.53 bits per heavy atom. The lowest BCUT2D eigenvalue weighted by molar-refractivity contribution is 0.593. The Labute approximate surface area is 89.6 Å². The fraction of sp³-hybridized carbons (Fsp3) is 0.750. The molecule has 1 N–H and O–H groups in total. The van der Waals surface area contributed by atoms with E-state index in [0.717, 1.165) is 11.6 Å². The second kappa shape index (κ2) is 4.71. The van der Waals surface area contributed by atoms with Crippen molar-refractivity contribution in [3.05, 3.63) is 11.6 Å². The number of nitrogens with zero attached hydrogens (tertiary/aromatic N) is 3. The van der Waals surface area contributed by atoms with Crippen molar-refractivity contribution in [2.24, 2.45) is 7.05 Å². The van der Waals surface area contributed by atoms with Crippen LogP contribution in [0.1, 0.15) is 11.6 Å². The first kappa shape index (κ1) is 12.1. The highest BCUT2D eigenvalue weighted by Gasteiger charge is 2.05. The lowest BCUT2D eigenvalue weighted by atomic mass is 10.5. The third-order valence-corrected chi connectivity index (χ3v) is 3.06. The summed E-state index contributed by atoms with van der Waals surface area (Å²) >= 11 is 0.